The Morgan fingerprint density at radius 2 is 2.04 bits per heavy atom. The van der Waals surface area contributed by atoms with Crippen LogP contribution in [0.5, 0.6) is 5.75 Å². The Hall–Kier alpha value is -2.15. The highest BCUT2D eigenvalue weighted by atomic mass is 19.1. The fraction of sp³-hybridized carbons (Fsp3) is 0.556. The fourth-order valence-electron chi connectivity index (χ4n) is 3.51. The van der Waals surface area contributed by atoms with E-state index in [0.29, 0.717) is 51.1 Å². The molecular weight excluding hydrogens is 327 g/mol. The lowest BCUT2D eigenvalue weighted by atomic mass is 9.90. The van der Waals surface area contributed by atoms with Gasteiger partial charge in [0.2, 0.25) is 5.91 Å². The molecule has 2 heterocycles. The SMILES string of the molecule is COc1ccc(C(=O)N2CCC3(CC2)CN(C)C(=O)CCO3)cc1F. The Bertz CT molecular complexity index is 671. The van der Waals surface area contributed by atoms with Crippen molar-refractivity contribution in [3.63, 3.8) is 0 Å². The summed E-state index contributed by atoms with van der Waals surface area (Å²) in [5.41, 5.74) is -0.0774. The van der Waals surface area contributed by atoms with Crippen LogP contribution in [0.15, 0.2) is 18.2 Å². The molecule has 7 heteroatoms. The Morgan fingerprint density at radius 3 is 2.68 bits per heavy atom. The quantitative estimate of drug-likeness (QED) is 0.814. The van der Waals surface area contributed by atoms with Crippen molar-refractivity contribution in [2.75, 3.05) is 40.4 Å². The summed E-state index contributed by atoms with van der Waals surface area (Å²) in [6, 6.07) is 4.24. The highest BCUT2D eigenvalue weighted by Crippen LogP contribution is 2.30. The predicted octanol–water partition coefficient (Wildman–Crippen LogP) is 1.69. The van der Waals surface area contributed by atoms with Crippen molar-refractivity contribution < 1.29 is 23.5 Å². The molecule has 2 aliphatic rings. The monoisotopic (exact) mass is 350 g/mol. The van der Waals surface area contributed by atoms with Gasteiger partial charge in [-0.15, -0.1) is 0 Å². The number of ether oxygens (including phenoxy) is 2. The fourth-order valence-corrected chi connectivity index (χ4v) is 3.51. The number of hydrogen-bond donors (Lipinski definition) is 0. The predicted molar refractivity (Wildman–Crippen MR) is 89.0 cm³/mol. The maximum atomic E-state index is 13.8. The molecule has 2 fully saturated rings. The van der Waals surface area contributed by atoms with Gasteiger partial charge in [-0.3, -0.25) is 9.59 Å². The van der Waals surface area contributed by atoms with Gasteiger partial charge in [-0.2, -0.15) is 0 Å². The van der Waals surface area contributed by atoms with E-state index >= 15 is 0 Å². The number of piperidine rings is 1. The van der Waals surface area contributed by atoms with E-state index in [1.165, 1.54) is 19.2 Å². The number of carbonyl (C=O) groups is 2. The molecule has 1 aromatic rings. The first-order chi connectivity index (χ1) is 11.9. The molecule has 25 heavy (non-hydrogen) atoms. The molecule has 0 radical (unpaired) electrons. The molecule has 3 rings (SSSR count). The van der Waals surface area contributed by atoms with Gasteiger partial charge in [-0.1, -0.05) is 0 Å². The summed E-state index contributed by atoms with van der Waals surface area (Å²) in [6.45, 7) is 2.01. The van der Waals surface area contributed by atoms with Gasteiger partial charge >= 0.3 is 0 Å². The molecule has 0 aliphatic carbocycles. The average Bonchev–Trinajstić information content (AvgIpc) is 2.74. The molecule has 1 spiro atoms. The smallest absolute Gasteiger partial charge is 0.253 e. The molecule has 0 N–H and O–H groups in total. The molecule has 2 saturated heterocycles. The first-order valence-electron chi connectivity index (χ1n) is 8.45. The van der Waals surface area contributed by atoms with Gasteiger partial charge < -0.3 is 19.3 Å². The van der Waals surface area contributed by atoms with Gasteiger partial charge in [0.25, 0.3) is 5.91 Å². The summed E-state index contributed by atoms with van der Waals surface area (Å²) in [7, 11) is 3.18. The second-order valence-electron chi connectivity index (χ2n) is 6.67. The van der Waals surface area contributed by atoms with Gasteiger partial charge in [0, 0.05) is 32.2 Å². The van der Waals surface area contributed by atoms with Crippen LogP contribution in [-0.4, -0.2) is 67.6 Å². The summed E-state index contributed by atoms with van der Waals surface area (Å²) in [6.07, 6.45) is 1.72. The number of halogens is 1. The minimum atomic E-state index is -0.547. The van der Waals surface area contributed by atoms with Crippen LogP contribution in [0.4, 0.5) is 4.39 Å². The lowest BCUT2D eigenvalue weighted by Gasteiger charge is -2.42. The number of amides is 2. The van der Waals surface area contributed by atoms with Crippen LogP contribution in [0, 0.1) is 5.82 Å². The van der Waals surface area contributed by atoms with Crippen molar-refractivity contribution in [1.29, 1.82) is 0 Å². The van der Waals surface area contributed by atoms with Gasteiger partial charge in [0.15, 0.2) is 11.6 Å². The number of nitrogens with zero attached hydrogens (tertiary/aromatic N) is 2. The number of likely N-dealkylation sites (tertiary alicyclic amines) is 1. The van der Waals surface area contributed by atoms with E-state index in [-0.39, 0.29) is 23.2 Å². The maximum Gasteiger partial charge on any atom is 0.253 e. The standard InChI is InChI=1S/C18H23FN2O4/c1-20-12-18(25-10-5-16(20)22)6-8-21(9-7-18)17(23)13-3-4-15(24-2)14(19)11-13/h3-4,11H,5-10,12H2,1-2H3. The van der Waals surface area contributed by atoms with Crippen LogP contribution in [0.1, 0.15) is 29.6 Å². The number of carbonyl (C=O) groups excluding carboxylic acids is 2. The zero-order valence-electron chi connectivity index (χ0n) is 14.6. The normalized spacial score (nSPS) is 20.5. The van der Waals surface area contributed by atoms with Crippen molar-refractivity contribution in [3.8, 4) is 5.75 Å². The number of likely N-dealkylation sites (N-methyl/N-ethyl adjacent to an activating group) is 1. The lowest BCUT2D eigenvalue weighted by molar-refractivity contribution is -0.130. The van der Waals surface area contributed by atoms with Crippen molar-refractivity contribution >= 4 is 11.8 Å². The van der Waals surface area contributed by atoms with Crippen molar-refractivity contribution in [1.82, 2.24) is 9.80 Å². The zero-order valence-corrected chi connectivity index (χ0v) is 14.6. The molecule has 2 amide bonds. The van der Waals surface area contributed by atoms with Gasteiger partial charge in [0.1, 0.15) is 0 Å². The van der Waals surface area contributed by atoms with Crippen LogP contribution in [0.2, 0.25) is 0 Å². The number of hydrogen-bond acceptors (Lipinski definition) is 4. The van der Waals surface area contributed by atoms with E-state index in [1.807, 2.05) is 0 Å². The number of rotatable bonds is 2. The van der Waals surface area contributed by atoms with Crippen LogP contribution >= 0.6 is 0 Å². The molecule has 0 unspecified atom stereocenters. The molecular formula is C18H23FN2O4. The summed E-state index contributed by atoms with van der Waals surface area (Å²) in [4.78, 5) is 27.9. The van der Waals surface area contributed by atoms with E-state index < -0.39 is 5.82 Å². The third-order valence-corrected chi connectivity index (χ3v) is 5.04. The van der Waals surface area contributed by atoms with E-state index in [4.69, 9.17) is 9.47 Å². The van der Waals surface area contributed by atoms with Crippen LogP contribution in [-0.2, 0) is 9.53 Å². The van der Waals surface area contributed by atoms with E-state index in [9.17, 15) is 14.0 Å². The molecule has 0 saturated carbocycles. The van der Waals surface area contributed by atoms with E-state index in [1.54, 1.807) is 22.9 Å². The third-order valence-electron chi connectivity index (χ3n) is 5.04. The summed E-state index contributed by atoms with van der Waals surface area (Å²) in [5, 5.41) is 0. The second kappa shape index (κ2) is 7.00. The Balaban J connectivity index is 1.66. The highest BCUT2D eigenvalue weighted by Gasteiger charge is 2.40. The van der Waals surface area contributed by atoms with Gasteiger partial charge in [-0.25, -0.2) is 4.39 Å². The lowest BCUT2D eigenvalue weighted by Crippen LogP contribution is -2.52. The van der Waals surface area contributed by atoms with E-state index in [2.05, 4.69) is 0 Å². The van der Waals surface area contributed by atoms with Crippen molar-refractivity contribution in [2.24, 2.45) is 0 Å². The first kappa shape index (κ1) is 17.7. The Kier molecular flexibility index (Phi) is 4.94. The summed E-state index contributed by atoms with van der Waals surface area (Å²) in [5.74, 6) is -0.540. The highest BCUT2D eigenvalue weighted by molar-refractivity contribution is 5.94. The van der Waals surface area contributed by atoms with Gasteiger partial charge in [0.05, 0.1) is 25.7 Å². The molecule has 136 valence electrons. The molecule has 0 atom stereocenters. The Morgan fingerprint density at radius 1 is 1.32 bits per heavy atom. The summed E-state index contributed by atoms with van der Waals surface area (Å²) >= 11 is 0. The van der Waals surface area contributed by atoms with Crippen LogP contribution < -0.4 is 4.74 Å². The zero-order chi connectivity index (χ0) is 18.0. The van der Waals surface area contributed by atoms with Crippen LogP contribution in [0.25, 0.3) is 0 Å². The Labute approximate surface area is 146 Å². The first-order valence-corrected chi connectivity index (χ1v) is 8.45. The number of benzene rings is 1. The van der Waals surface area contributed by atoms with E-state index in [0.717, 1.165) is 0 Å². The molecule has 0 aromatic heterocycles. The minimum Gasteiger partial charge on any atom is -0.494 e. The topological polar surface area (TPSA) is 59.1 Å². The minimum absolute atomic E-state index is 0.0871. The van der Waals surface area contributed by atoms with Crippen LogP contribution in [0.3, 0.4) is 0 Å². The average molecular weight is 350 g/mol. The molecule has 6 nitrogen and oxygen atoms in total. The third kappa shape index (κ3) is 3.61. The molecule has 1 aromatic carbocycles. The van der Waals surface area contributed by atoms with Crippen molar-refractivity contribution in [3.05, 3.63) is 29.6 Å². The summed E-state index contributed by atoms with van der Waals surface area (Å²) < 4.78 is 24.7. The largest absolute Gasteiger partial charge is 0.494 e. The molecule has 0 bridgehead atoms. The number of methoxy groups -OCH3 is 1. The molecule has 2 aliphatic heterocycles. The van der Waals surface area contributed by atoms with Crippen molar-refractivity contribution in [2.45, 2.75) is 24.9 Å². The maximum absolute atomic E-state index is 13.8. The second-order valence-corrected chi connectivity index (χ2v) is 6.67. The van der Waals surface area contributed by atoms with Gasteiger partial charge in [-0.05, 0) is 31.0 Å².